The highest BCUT2D eigenvalue weighted by molar-refractivity contribution is 7.09. The number of amides is 3. The first-order valence-corrected chi connectivity index (χ1v) is 13.0. The molecule has 38 heavy (non-hydrogen) atoms. The van der Waals surface area contributed by atoms with E-state index < -0.39 is 23.8 Å². The van der Waals surface area contributed by atoms with Crippen molar-refractivity contribution in [2.75, 3.05) is 30.9 Å². The van der Waals surface area contributed by atoms with Crippen LogP contribution < -0.4 is 26.4 Å². The minimum absolute atomic E-state index is 0.0187. The molecule has 0 aliphatic carbocycles. The average molecular weight is 538 g/mol. The molecule has 2 heterocycles. The van der Waals surface area contributed by atoms with Crippen molar-refractivity contribution < 1.29 is 23.9 Å². The predicted octanol–water partition coefficient (Wildman–Crippen LogP) is 3.13. The number of rotatable bonds is 9. The summed E-state index contributed by atoms with van der Waals surface area (Å²) in [7, 11) is 1.55. The Morgan fingerprint density at radius 3 is 2.55 bits per heavy atom. The van der Waals surface area contributed by atoms with Gasteiger partial charge in [0.15, 0.2) is 5.69 Å². The predicted molar refractivity (Wildman–Crippen MR) is 145 cm³/mol. The first kappa shape index (κ1) is 27.1. The van der Waals surface area contributed by atoms with Crippen LogP contribution in [0.1, 0.15) is 55.7 Å². The summed E-state index contributed by atoms with van der Waals surface area (Å²) in [5.74, 6) is -1.20. The number of hydrogen-bond acceptors (Lipinski definition) is 8. The number of primary amides is 1. The molecule has 3 aromatic rings. The minimum atomic E-state index is -1.08. The van der Waals surface area contributed by atoms with Gasteiger partial charge in [0, 0.05) is 18.8 Å². The molecule has 2 aromatic carbocycles. The average Bonchev–Trinajstić information content (AvgIpc) is 3.57. The number of nitrogen functional groups attached to an aromatic ring is 1. The monoisotopic (exact) mass is 537 g/mol. The number of benzene rings is 2. The van der Waals surface area contributed by atoms with Crippen molar-refractivity contribution in [2.24, 2.45) is 5.73 Å². The minimum Gasteiger partial charge on any atom is -0.497 e. The van der Waals surface area contributed by atoms with Crippen molar-refractivity contribution in [3.8, 4) is 5.75 Å². The van der Waals surface area contributed by atoms with Crippen molar-refractivity contribution in [1.29, 1.82) is 0 Å². The van der Waals surface area contributed by atoms with E-state index in [1.807, 2.05) is 26.0 Å². The second kappa shape index (κ2) is 11.6. The number of hydrogen-bond donors (Lipinski definition) is 3. The molecular formula is C27H31N5O5S. The topological polar surface area (TPSA) is 150 Å². The maximum absolute atomic E-state index is 14.2. The molecule has 3 amide bonds. The third-order valence-electron chi connectivity index (χ3n) is 6.68. The van der Waals surface area contributed by atoms with Crippen LogP contribution in [-0.2, 0) is 9.53 Å². The van der Waals surface area contributed by atoms with E-state index in [1.165, 1.54) is 4.90 Å². The summed E-state index contributed by atoms with van der Waals surface area (Å²) in [5, 5.41) is 2.97. The third kappa shape index (κ3) is 5.48. The van der Waals surface area contributed by atoms with Gasteiger partial charge in [-0.25, -0.2) is 0 Å². The number of aromatic nitrogens is 1. The van der Waals surface area contributed by atoms with Crippen LogP contribution in [-0.4, -0.2) is 48.5 Å². The molecule has 1 aromatic heterocycles. The second-order valence-corrected chi connectivity index (χ2v) is 9.86. The SMILES string of the molecule is COc1ccc([C@H](C(=O)NC[C@H]2CCCO2)N(C(=O)c2snc(C(N)=O)c2N)c2cccc(C)c2C)cc1. The molecule has 1 aliphatic heterocycles. The van der Waals surface area contributed by atoms with Crippen molar-refractivity contribution in [3.05, 3.63) is 69.7 Å². The molecule has 4 rings (SSSR count). The van der Waals surface area contributed by atoms with Gasteiger partial charge < -0.3 is 26.3 Å². The molecule has 0 bridgehead atoms. The third-order valence-corrected chi connectivity index (χ3v) is 7.53. The van der Waals surface area contributed by atoms with Gasteiger partial charge in [0.25, 0.3) is 11.8 Å². The maximum atomic E-state index is 14.2. The van der Waals surface area contributed by atoms with Gasteiger partial charge in [-0.2, -0.15) is 4.37 Å². The molecule has 5 N–H and O–H groups in total. The molecule has 0 unspecified atom stereocenters. The summed E-state index contributed by atoms with van der Waals surface area (Å²) in [6, 6.07) is 11.4. The van der Waals surface area contributed by atoms with Crippen LogP contribution in [0.5, 0.6) is 5.75 Å². The van der Waals surface area contributed by atoms with E-state index in [0.29, 0.717) is 30.2 Å². The molecular weight excluding hydrogens is 506 g/mol. The van der Waals surface area contributed by atoms with Crippen LogP contribution in [0, 0.1) is 13.8 Å². The highest BCUT2D eigenvalue weighted by Crippen LogP contribution is 2.36. The van der Waals surface area contributed by atoms with E-state index in [4.69, 9.17) is 20.9 Å². The van der Waals surface area contributed by atoms with Gasteiger partial charge in [-0.1, -0.05) is 24.3 Å². The van der Waals surface area contributed by atoms with Gasteiger partial charge in [-0.05, 0) is 73.1 Å². The summed E-state index contributed by atoms with van der Waals surface area (Å²) in [6.07, 6.45) is 1.69. The Morgan fingerprint density at radius 1 is 1.21 bits per heavy atom. The zero-order valence-electron chi connectivity index (χ0n) is 21.5. The Hall–Kier alpha value is -3.96. The first-order valence-electron chi connectivity index (χ1n) is 12.2. The zero-order chi connectivity index (χ0) is 27.4. The van der Waals surface area contributed by atoms with E-state index in [0.717, 1.165) is 35.5 Å². The number of nitrogens with two attached hydrogens (primary N) is 2. The molecule has 1 aliphatic rings. The number of nitrogens with zero attached hydrogens (tertiary/aromatic N) is 2. The summed E-state index contributed by atoms with van der Waals surface area (Å²) in [4.78, 5) is 41.3. The van der Waals surface area contributed by atoms with Gasteiger partial charge in [0.2, 0.25) is 5.91 Å². The summed E-state index contributed by atoms with van der Waals surface area (Å²) in [5.41, 5.74) is 14.1. The Morgan fingerprint density at radius 2 is 1.95 bits per heavy atom. The standard InChI is InChI=1S/C27H31N5O5S/c1-15-6-4-8-20(16(15)2)32(27(35)24-21(28)22(25(29)33)31-38-24)23(17-9-11-18(36-3)12-10-17)26(34)30-14-19-7-5-13-37-19/h4,6,8-12,19,23H,5,7,13-14,28H2,1-3H3,(H2,29,33)(H,30,34)/t19-,23-/m1/s1. The lowest BCUT2D eigenvalue weighted by molar-refractivity contribution is -0.123. The number of aryl methyl sites for hydroxylation is 1. The van der Waals surface area contributed by atoms with E-state index in [1.54, 1.807) is 37.4 Å². The lowest BCUT2D eigenvalue weighted by Gasteiger charge is -2.33. The molecule has 0 saturated carbocycles. The number of ether oxygens (including phenoxy) is 2. The number of anilines is 2. The lowest BCUT2D eigenvalue weighted by atomic mass is 9.99. The normalized spacial score (nSPS) is 15.6. The lowest BCUT2D eigenvalue weighted by Crippen LogP contribution is -2.46. The fourth-order valence-electron chi connectivity index (χ4n) is 4.42. The number of methoxy groups -OCH3 is 1. The van der Waals surface area contributed by atoms with E-state index >= 15 is 0 Å². The first-order chi connectivity index (χ1) is 18.2. The molecule has 0 spiro atoms. The van der Waals surface area contributed by atoms with Crippen LogP contribution in [0.15, 0.2) is 42.5 Å². The highest BCUT2D eigenvalue weighted by Gasteiger charge is 2.37. The molecule has 1 fully saturated rings. The van der Waals surface area contributed by atoms with Crippen molar-refractivity contribution in [1.82, 2.24) is 9.69 Å². The van der Waals surface area contributed by atoms with Crippen LogP contribution in [0.4, 0.5) is 11.4 Å². The van der Waals surface area contributed by atoms with Gasteiger partial charge in [0.1, 0.15) is 16.7 Å². The summed E-state index contributed by atoms with van der Waals surface area (Å²) < 4.78 is 15.0. The van der Waals surface area contributed by atoms with E-state index in [9.17, 15) is 14.4 Å². The van der Waals surface area contributed by atoms with Crippen LogP contribution in [0.25, 0.3) is 0 Å². The van der Waals surface area contributed by atoms with Gasteiger partial charge in [-0.3, -0.25) is 19.3 Å². The largest absolute Gasteiger partial charge is 0.497 e. The Labute approximate surface area is 225 Å². The fourth-order valence-corrected chi connectivity index (χ4v) is 5.16. The Balaban J connectivity index is 1.85. The summed E-state index contributed by atoms with van der Waals surface area (Å²) >= 11 is 0.771. The molecule has 10 nitrogen and oxygen atoms in total. The number of carbonyl (C=O) groups excluding carboxylic acids is 3. The Kier molecular flexibility index (Phi) is 8.28. The van der Waals surface area contributed by atoms with E-state index in [2.05, 4.69) is 9.69 Å². The zero-order valence-corrected chi connectivity index (χ0v) is 22.3. The number of carbonyl (C=O) groups is 3. The van der Waals surface area contributed by atoms with Gasteiger partial charge >= 0.3 is 0 Å². The summed E-state index contributed by atoms with van der Waals surface area (Å²) in [6.45, 7) is 4.77. The van der Waals surface area contributed by atoms with Gasteiger partial charge in [0.05, 0.1) is 18.9 Å². The molecule has 0 radical (unpaired) electrons. The van der Waals surface area contributed by atoms with E-state index in [-0.39, 0.29) is 22.4 Å². The Bertz CT molecular complexity index is 1330. The molecule has 11 heteroatoms. The fraction of sp³-hybridized carbons (Fsp3) is 0.333. The molecule has 1 saturated heterocycles. The van der Waals surface area contributed by atoms with Crippen molar-refractivity contribution >= 4 is 40.6 Å². The van der Waals surface area contributed by atoms with Crippen LogP contribution >= 0.6 is 11.5 Å². The molecule has 2 atom stereocenters. The second-order valence-electron chi connectivity index (χ2n) is 9.09. The van der Waals surface area contributed by atoms with Crippen LogP contribution in [0.2, 0.25) is 0 Å². The van der Waals surface area contributed by atoms with Gasteiger partial charge in [-0.15, -0.1) is 0 Å². The maximum Gasteiger partial charge on any atom is 0.273 e. The smallest absolute Gasteiger partial charge is 0.273 e. The van der Waals surface area contributed by atoms with Crippen molar-refractivity contribution in [3.63, 3.8) is 0 Å². The molecule has 200 valence electrons. The van der Waals surface area contributed by atoms with Crippen LogP contribution in [0.3, 0.4) is 0 Å². The number of nitrogens with one attached hydrogen (secondary N) is 1. The van der Waals surface area contributed by atoms with Crippen molar-refractivity contribution in [2.45, 2.75) is 38.8 Å². The quantitative estimate of drug-likeness (QED) is 0.379. The highest BCUT2D eigenvalue weighted by atomic mass is 32.1.